The number of nitrogens with zero attached hydrogens (tertiary/aromatic N) is 2. The molecule has 0 saturated heterocycles. The number of benzene rings is 1. The first kappa shape index (κ1) is 18.2. The average molecular weight is 414 g/mol. The predicted octanol–water partition coefficient (Wildman–Crippen LogP) is 3.17. The van der Waals surface area contributed by atoms with E-state index < -0.39 is 0 Å². The Morgan fingerprint density at radius 3 is 3.04 bits per heavy atom. The number of phenols is 1. The zero-order valence-electron chi connectivity index (χ0n) is 13.1. The van der Waals surface area contributed by atoms with Crippen molar-refractivity contribution in [3.8, 4) is 11.5 Å². The number of esters is 1. The Kier molecular flexibility index (Phi) is 6.56. The summed E-state index contributed by atoms with van der Waals surface area (Å²) in [5.74, 6) is 0.334. The number of carbonyl (C=O) groups excluding carboxylic acids is 1. The quantitative estimate of drug-likeness (QED) is 0.411. The van der Waals surface area contributed by atoms with Crippen LogP contribution in [0, 0.1) is 0 Å². The lowest BCUT2D eigenvalue weighted by atomic mass is 10.2. The number of carbonyl (C=O) groups is 1. The van der Waals surface area contributed by atoms with Crippen molar-refractivity contribution in [2.24, 2.45) is 5.10 Å². The highest BCUT2D eigenvalue weighted by Gasteiger charge is 2.09. The third-order valence-electron chi connectivity index (χ3n) is 2.85. The lowest BCUT2D eigenvalue weighted by Gasteiger charge is -2.06. The van der Waals surface area contributed by atoms with Crippen LogP contribution in [0.25, 0.3) is 0 Å². The molecule has 0 aliphatic heterocycles. The summed E-state index contributed by atoms with van der Waals surface area (Å²) in [6.07, 6.45) is 1.58. The number of ether oxygens (including phenoxy) is 2. The number of rotatable bonds is 7. The van der Waals surface area contributed by atoms with Gasteiger partial charge in [0.05, 0.1) is 36.5 Å². The molecule has 0 unspecified atom stereocenters. The van der Waals surface area contributed by atoms with Gasteiger partial charge in [0.2, 0.25) is 5.13 Å². The molecule has 2 rings (SSSR count). The Hall–Kier alpha value is -2.13. The Morgan fingerprint density at radius 1 is 1.54 bits per heavy atom. The third-order valence-corrected chi connectivity index (χ3v) is 4.26. The SMILES string of the molecule is CCOC(=O)Cc1csc(NN=Cc2cc(OC)c(Br)cc2O)n1. The van der Waals surface area contributed by atoms with Crippen LogP contribution in [-0.2, 0) is 16.0 Å². The number of phenolic OH excluding ortho intramolecular Hbond substituents is 1. The van der Waals surface area contributed by atoms with E-state index in [2.05, 4.69) is 31.4 Å². The van der Waals surface area contributed by atoms with Gasteiger partial charge in [-0.1, -0.05) is 0 Å². The molecule has 0 aliphatic carbocycles. The van der Waals surface area contributed by atoms with E-state index in [0.717, 1.165) is 0 Å². The third kappa shape index (κ3) is 4.93. The standard InChI is InChI=1S/C15H16BrN3O4S/c1-3-23-14(21)5-10-8-24-15(18-10)19-17-7-9-4-13(22-2)11(16)6-12(9)20/h4,6-8,20H,3,5H2,1-2H3,(H,18,19). The van der Waals surface area contributed by atoms with Gasteiger partial charge in [0, 0.05) is 10.9 Å². The molecule has 0 atom stereocenters. The molecule has 2 N–H and O–H groups in total. The number of thiazole rings is 1. The fourth-order valence-electron chi connectivity index (χ4n) is 1.77. The molecule has 0 amide bonds. The van der Waals surface area contributed by atoms with Crippen molar-refractivity contribution >= 4 is 44.6 Å². The Bertz CT molecular complexity index is 748. The largest absolute Gasteiger partial charge is 0.507 e. The van der Waals surface area contributed by atoms with Crippen molar-refractivity contribution in [2.45, 2.75) is 13.3 Å². The normalized spacial score (nSPS) is 10.8. The summed E-state index contributed by atoms with van der Waals surface area (Å²) in [6, 6.07) is 3.18. The predicted molar refractivity (Wildman–Crippen MR) is 96.0 cm³/mol. The van der Waals surface area contributed by atoms with E-state index in [4.69, 9.17) is 9.47 Å². The highest BCUT2D eigenvalue weighted by Crippen LogP contribution is 2.31. The highest BCUT2D eigenvalue weighted by molar-refractivity contribution is 9.10. The number of nitrogens with one attached hydrogen (secondary N) is 1. The van der Waals surface area contributed by atoms with E-state index in [1.54, 1.807) is 18.4 Å². The summed E-state index contributed by atoms with van der Waals surface area (Å²) < 4.78 is 10.7. The summed E-state index contributed by atoms with van der Waals surface area (Å²) in [5.41, 5.74) is 3.87. The first-order valence-corrected chi connectivity index (χ1v) is 8.66. The van der Waals surface area contributed by atoms with Gasteiger partial charge in [-0.05, 0) is 35.0 Å². The minimum atomic E-state index is -0.315. The molecule has 24 heavy (non-hydrogen) atoms. The van der Waals surface area contributed by atoms with E-state index in [0.29, 0.717) is 33.2 Å². The summed E-state index contributed by atoms with van der Waals surface area (Å²) in [7, 11) is 1.54. The lowest BCUT2D eigenvalue weighted by Crippen LogP contribution is -2.07. The van der Waals surface area contributed by atoms with Gasteiger partial charge in [0.1, 0.15) is 11.5 Å². The second kappa shape index (κ2) is 8.65. The molecule has 1 aromatic heterocycles. The molecule has 1 heterocycles. The summed E-state index contributed by atoms with van der Waals surface area (Å²) in [5, 5.41) is 16.2. The number of halogens is 1. The molecule has 7 nitrogen and oxygen atoms in total. The van der Waals surface area contributed by atoms with Crippen molar-refractivity contribution in [1.29, 1.82) is 0 Å². The monoisotopic (exact) mass is 413 g/mol. The molecule has 0 fully saturated rings. The van der Waals surface area contributed by atoms with Crippen LogP contribution in [0.4, 0.5) is 5.13 Å². The molecular weight excluding hydrogens is 398 g/mol. The fourth-order valence-corrected chi connectivity index (χ4v) is 2.93. The van der Waals surface area contributed by atoms with Crippen molar-refractivity contribution in [2.75, 3.05) is 19.1 Å². The number of hydrogen-bond acceptors (Lipinski definition) is 8. The van der Waals surface area contributed by atoms with Gasteiger partial charge < -0.3 is 14.6 Å². The highest BCUT2D eigenvalue weighted by atomic mass is 79.9. The van der Waals surface area contributed by atoms with E-state index >= 15 is 0 Å². The molecular formula is C15H16BrN3O4S. The molecule has 2 aromatic rings. The summed E-state index contributed by atoms with van der Waals surface area (Å²) in [4.78, 5) is 15.6. The van der Waals surface area contributed by atoms with Crippen LogP contribution in [-0.4, -0.2) is 36.0 Å². The Balaban J connectivity index is 2.00. The molecule has 1 aromatic carbocycles. The Labute approximate surface area is 151 Å². The van der Waals surface area contributed by atoms with Crippen LogP contribution in [0.15, 0.2) is 27.1 Å². The minimum Gasteiger partial charge on any atom is -0.507 e. The number of methoxy groups -OCH3 is 1. The smallest absolute Gasteiger partial charge is 0.311 e. The van der Waals surface area contributed by atoms with Crippen molar-refractivity contribution < 1.29 is 19.4 Å². The van der Waals surface area contributed by atoms with Gasteiger partial charge >= 0.3 is 5.97 Å². The number of anilines is 1. The second-order valence-electron chi connectivity index (χ2n) is 4.54. The molecule has 0 radical (unpaired) electrons. The molecule has 0 aliphatic rings. The van der Waals surface area contributed by atoms with E-state index in [-0.39, 0.29) is 18.1 Å². The van der Waals surface area contributed by atoms with Crippen molar-refractivity contribution in [3.63, 3.8) is 0 Å². The number of hydrogen-bond donors (Lipinski definition) is 2. The number of hydrazone groups is 1. The second-order valence-corrected chi connectivity index (χ2v) is 6.25. The molecule has 0 spiro atoms. The van der Waals surface area contributed by atoms with Gasteiger partial charge in [-0.15, -0.1) is 11.3 Å². The van der Waals surface area contributed by atoms with Gasteiger partial charge in [0.15, 0.2) is 0 Å². The number of aromatic hydroxyl groups is 1. The molecule has 128 valence electrons. The van der Waals surface area contributed by atoms with Crippen LogP contribution >= 0.6 is 27.3 Å². The maximum atomic E-state index is 11.4. The van der Waals surface area contributed by atoms with E-state index in [1.165, 1.54) is 30.7 Å². The van der Waals surface area contributed by atoms with Gasteiger partial charge in [-0.2, -0.15) is 5.10 Å². The fraction of sp³-hybridized carbons (Fsp3) is 0.267. The van der Waals surface area contributed by atoms with Crippen LogP contribution in [0.5, 0.6) is 11.5 Å². The van der Waals surface area contributed by atoms with Gasteiger partial charge in [-0.25, -0.2) is 4.98 Å². The van der Waals surface area contributed by atoms with E-state index in [1.807, 2.05) is 0 Å². The average Bonchev–Trinajstić information content (AvgIpc) is 2.97. The Morgan fingerprint density at radius 2 is 2.33 bits per heavy atom. The number of aromatic nitrogens is 1. The van der Waals surface area contributed by atoms with Crippen molar-refractivity contribution in [1.82, 2.24) is 4.98 Å². The summed E-state index contributed by atoms with van der Waals surface area (Å²) in [6.45, 7) is 2.10. The molecule has 0 bridgehead atoms. The maximum Gasteiger partial charge on any atom is 0.311 e. The van der Waals surface area contributed by atoms with E-state index in [9.17, 15) is 9.90 Å². The minimum absolute atomic E-state index is 0.0652. The first-order chi connectivity index (χ1) is 11.5. The zero-order valence-corrected chi connectivity index (χ0v) is 15.5. The molecule has 9 heteroatoms. The first-order valence-electron chi connectivity index (χ1n) is 6.99. The summed E-state index contributed by atoms with van der Waals surface area (Å²) >= 11 is 4.61. The van der Waals surface area contributed by atoms with Crippen LogP contribution in [0.3, 0.4) is 0 Å². The lowest BCUT2D eigenvalue weighted by molar-refractivity contribution is -0.142. The topological polar surface area (TPSA) is 93.0 Å². The van der Waals surface area contributed by atoms with Gasteiger partial charge in [0.25, 0.3) is 0 Å². The maximum absolute atomic E-state index is 11.4. The zero-order chi connectivity index (χ0) is 17.5. The van der Waals surface area contributed by atoms with Crippen molar-refractivity contribution in [3.05, 3.63) is 33.2 Å². The van der Waals surface area contributed by atoms with Crippen LogP contribution in [0.2, 0.25) is 0 Å². The van der Waals surface area contributed by atoms with Crippen LogP contribution in [0.1, 0.15) is 18.2 Å². The van der Waals surface area contributed by atoms with Gasteiger partial charge in [-0.3, -0.25) is 10.2 Å². The molecule has 0 saturated carbocycles. The van der Waals surface area contributed by atoms with Crippen LogP contribution < -0.4 is 10.2 Å².